The molecule has 3 heterocycles. The van der Waals surface area contributed by atoms with Crippen LogP contribution in [-0.4, -0.2) is 47.5 Å². The average molecular weight is 463 g/mol. The van der Waals surface area contributed by atoms with E-state index >= 15 is 0 Å². The minimum absolute atomic E-state index is 0.139. The summed E-state index contributed by atoms with van der Waals surface area (Å²) in [4.78, 5) is 27.9. The van der Waals surface area contributed by atoms with Crippen LogP contribution in [0.2, 0.25) is 0 Å². The lowest BCUT2D eigenvalue weighted by Gasteiger charge is -2.33. The maximum absolute atomic E-state index is 13.5. The lowest BCUT2D eigenvalue weighted by Crippen LogP contribution is -2.40. The second-order valence-corrected chi connectivity index (χ2v) is 11.4. The molecule has 6 rings (SSSR count). The van der Waals surface area contributed by atoms with Crippen molar-refractivity contribution in [3.8, 4) is 0 Å². The zero-order chi connectivity index (χ0) is 23.2. The topological polar surface area (TPSA) is 51.5 Å². The number of rotatable bonds is 5. The van der Waals surface area contributed by atoms with Gasteiger partial charge in [-0.2, -0.15) is 0 Å². The highest BCUT2D eigenvalue weighted by Crippen LogP contribution is 2.39. The number of hydrogen-bond acceptors (Lipinski definition) is 3. The molecule has 0 bridgehead atoms. The van der Waals surface area contributed by atoms with Gasteiger partial charge in [0, 0.05) is 67.8 Å². The van der Waals surface area contributed by atoms with E-state index in [0.29, 0.717) is 24.0 Å². The second kappa shape index (κ2) is 9.14. The lowest BCUT2D eigenvalue weighted by atomic mass is 9.75. The Morgan fingerprint density at radius 3 is 2.65 bits per heavy atom. The fourth-order valence-corrected chi connectivity index (χ4v) is 6.98. The number of amides is 1. The summed E-state index contributed by atoms with van der Waals surface area (Å²) in [6, 6.07) is 6.34. The van der Waals surface area contributed by atoms with Crippen LogP contribution in [0.1, 0.15) is 73.0 Å². The number of aryl methyl sites for hydroxylation is 1. The van der Waals surface area contributed by atoms with Gasteiger partial charge in [0.2, 0.25) is 0 Å². The highest BCUT2D eigenvalue weighted by Gasteiger charge is 2.34. The summed E-state index contributed by atoms with van der Waals surface area (Å²) >= 11 is 0. The van der Waals surface area contributed by atoms with Gasteiger partial charge in [-0.3, -0.25) is 9.59 Å². The highest BCUT2D eigenvalue weighted by molar-refractivity contribution is 5.99. The smallest absolute Gasteiger partial charge is 0.253 e. The van der Waals surface area contributed by atoms with E-state index < -0.39 is 0 Å². The molecule has 2 atom stereocenters. The lowest BCUT2D eigenvalue weighted by molar-refractivity contribution is -0.121. The molecule has 2 aliphatic carbocycles. The molecule has 0 radical (unpaired) electrons. The predicted molar refractivity (Wildman–Crippen MR) is 133 cm³/mol. The molecule has 1 aromatic heterocycles. The third-order valence-corrected chi connectivity index (χ3v) is 9.16. The summed E-state index contributed by atoms with van der Waals surface area (Å²) in [5, 5.41) is 1.28. The molecule has 0 N–H and O–H groups in total. The van der Waals surface area contributed by atoms with E-state index in [1.807, 2.05) is 11.0 Å². The molecular weight excluding hydrogens is 424 g/mol. The van der Waals surface area contributed by atoms with Crippen LogP contribution in [0.5, 0.6) is 0 Å². The van der Waals surface area contributed by atoms with Crippen LogP contribution >= 0.6 is 0 Å². The van der Waals surface area contributed by atoms with Crippen LogP contribution < -0.4 is 0 Å². The maximum atomic E-state index is 13.5. The van der Waals surface area contributed by atoms with Crippen LogP contribution in [0, 0.1) is 23.7 Å². The Morgan fingerprint density at radius 1 is 1.03 bits per heavy atom. The highest BCUT2D eigenvalue weighted by atomic mass is 16.5. The summed E-state index contributed by atoms with van der Waals surface area (Å²) in [6.45, 7) is 3.36. The molecule has 2 saturated heterocycles. The molecule has 1 amide bonds. The van der Waals surface area contributed by atoms with Gasteiger partial charge in [0.05, 0.1) is 0 Å². The first kappa shape index (κ1) is 22.3. The number of fused-ring (bicyclic) bond motifs is 3. The van der Waals surface area contributed by atoms with Gasteiger partial charge in [-0.05, 0) is 99.3 Å². The van der Waals surface area contributed by atoms with Gasteiger partial charge in [-0.25, -0.2) is 0 Å². The molecule has 2 aromatic rings. The van der Waals surface area contributed by atoms with Crippen molar-refractivity contribution in [1.82, 2.24) is 9.47 Å². The van der Waals surface area contributed by atoms with E-state index in [0.717, 1.165) is 82.2 Å². The average Bonchev–Trinajstić information content (AvgIpc) is 3.70. The van der Waals surface area contributed by atoms with Gasteiger partial charge in [-0.1, -0.05) is 0 Å². The fourth-order valence-electron chi connectivity index (χ4n) is 6.98. The molecule has 5 heteroatoms. The first-order valence-electron chi connectivity index (χ1n) is 13.6. The zero-order valence-corrected chi connectivity index (χ0v) is 20.6. The normalized spacial score (nSPS) is 26.0. The first-order chi connectivity index (χ1) is 16.6. The molecule has 5 nitrogen and oxygen atoms in total. The Kier molecular flexibility index (Phi) is 6.00. The Balaban J connectivity index is 1.22. The fraction of sp³-hybridized carbons (Fsp3) is 0.655. The number of aromatic nitrogens is 1. The molecule has 34 heavy (non-hydrogen) atoms. The molecule has 3 fully saturated rings. The van der Waals surface area contributed by atoms with Crippen LogP contribution in [0.3, 0.4) is 0 Å². The van der Waals surface area contributed by atoms with Gasteiger partial charge in [-0.15, -0.1) is 0 Å². The second-order valence-electron chi connectivity index (χ2n) is 11.4. The third-order valence-electron chi connectivity index (χ3n) is 9.16. The van der Waals surface area contributed by atoms with Crippen molar-refractivity contribution in [3.63, 3.8) is 0 Å². The summed E-state index contributed by atoms with van der Waals surface area (Å²) < 4.78 is 7.97. The van der Waals surface area contributed by atoms with Crippen molar-refractivity contribution in [2.75, 3.05) is 26.3 Å². The molecule has 1 saturated carbocycles. The van der Waals surface area contributed by atoms with Gasteiger partial charge in [0.15, 0.2) is 0 Å². The van der Waals surface area contributed by atoms with Crippen molar-refractivity contribution in [3.05, 3.63) is 35.0 Å². The number of Topliss-reactive ketones (excluding diaryl/α,β-unsaturated/α-hetero) is 1. The first-order valence-corrected chi connectivity index (χ1v) is 13.6. The Labute approximate surface area is 202 Å². The number of carbonyl (C=O) groups excluding carboxylic acids is 2. The molecule has 0 spiro atoms. The standard InChI is InChI=1S/C29H38N2O3/c1-30-26-8-6-22(20-10-13-34-14-11-20)16-24(26)25-17-23(7-9-27(25)30)29(33)31-12-2-3-19(18-31)15-28(32)21-4-5-21/h7,9,17,19-22H,2-6,8,10-16,18H2,1H3/t19-,22-/m1/s1. The van der Waals surface area contributed by atoms with Crippen LogP contribution in [-0.2, 0) is 29.4 Å². The number of carbonyl (C=O) groups is 2. The zero-order valence-electron chi connectivity index (χ0n) is 20.6. The van der Waals surface area contributed by atoms with Crippen molar-refractivity contribution >= 4 is 22.6 Å². The Hall–Kier alpha value is -2.14. The molecule has 2 aliphatic heterocycles. The number of benzene rings is 1. The van der Waals surface area contributed by atoms with Crippen LogP contribution in [0.25, 0.3) is 10.9 Å². The maximum Gasteiger partial charge on any atom is 0.253 e. The van der Waals surface area contributed by atoms with Crippen LogP contribution in [0.4, 0.5) is 0 Å². The number of piperidine rings is 1. The predicted octanol–water partition coefficient (Wildman–Crippen LogP) is 4.93. The molecule has 182 valence electrons. The van der Waals surface area contributed by atoms with E-state index in [1.165, 1.54) is 41.4 Å². The number of nitrogens with zero attached hydrogens (tertiary/aromatic N) is 2. The summed E-state index contributed by atoms with van der Waals surface area (Å²) in [6.07, 6.45) is 10.8. The Morgan fingerprint density at radius 2 is 1.85 bits per heavy atom. The molecular formula is C29H38N2O3. The largest absolute Gasteiger partial charge is 0.381 e. The van der Waals surface area contributed by atoms with Crippen molar-refractivity contribution in [1.29, 1.82) is 0 Å². The Bertz CT molecular complexity index is 1090. The summed E-state index contributed by atoms with van der Waals surface area (Å²) in [7, 11) is 2.18. The van der Waals surface area contributed by atoms with Crippen molar-refractivity contribution < 1.29 is 14.3 Å². The minimum atomic E-state index is 0.139. The number of hydrogen-bond donors (Lipinski definition) is 0. The molecule has 4 aliphatic rings. The van der Waals surface area contributed by atoms with Gasteiger partial charge in [0.25, 0.3) is 5.91 Å². The summed E-state index contributed by atoms with van der Waals surface area (Å²) in [5.74, 6) is 2.72. The van der Waals surface area contributed by atoms with Crippen molar-refractivity contribution in [2.24, 2.45) is 30.7 Å². The van der Waals surface area contributed by atoms with Gasteiger partial charge < -0.3 is 14.2 Å². The molecule has 1 aromatic carbocycles. The summed E-state index contributed by atoms with van der Waals surface area (Å²) in [5.41, 5.74) is 4.99. The van der Waals surface area contributed by atoms with Gasteiger partial charge in [0.1, 0.15) is 5.78 Å². The SMILES string of the molecule is Cn1c2c(c3cc(C(=O)N4CCC[C@H](CC(=O)C5CC5)C4)ccc31)C[C@H](C1CCOCC1)CC2. The van der Waals surface area contributed by atoms with E-state index in [2.05, 4.69) is 23.7 Å². The number of ketones is 1. The van der Waals surface area contributed by atoms with Gasteiger partial charge >= 0.3 is 0 Å². The quantitative estimate of drug-likeness (QED) is 0.633. The van der Waals surface area contributed by atoms with Crippen LogP contribution in [0.15, 0.2) is 18.2 Å². The molecule has 0 unspecified atom stereocenters. The van der Waals surface area contributed by atoms with E-state index in [-0.39, 0.29) is 5.91 Å². The number of ether oxygens (including phenoxy) is 1. The monoisotopic (exact) mass is 462 g/mol. The minimum Gasteiger partial charge on any atom is -0.381 e. The van der Waals surface area contributed by atoms with E-state index in [9.17, 15) is 9.59 Å². The van der Waals surface area contributed by atoms with E-state index in [4.69, 9.17) is 4.74 Å². The van der Waals surface area contributed by atoms with E-state index in [1.54, 1.807) is 0 Å². The van der Waals surface area contributed by atoms with Crippen molar-refractivity contribution in [2.45, 2.75) is 64.2 Å². The third kappa shape index (κ3) is 4.21. The number of likely N-dealkylation sites (tertiary alicyclic amines) is 1.